The predicted molar refractivity (Wildman–Crippen MR) is 122 cm³/mol. The number of rotatable bonds is 4. The second-order valence-corrected chi connectivity index (χ2v) is 8.49. The molecule has 2 aliphatic rings. The van der Waals surface area contributed by atoms with Crippen LogP contribution in [0.3, 0.4) is 0 Å². The van der Waals surface area contributed by atoms with E-state index in [1.807, 2.05) is 13.0 Å². The first kappa shape index (κ1) is 22.3. The first-order valence-electron chi connectivity index (χ1n) is 11.2. The van der Waals surface area contributed by atoms with Gasteiger partial charge in [0.1, 0.15) is 17.1 Å². The summed E-state index contributed by atoms with van der Waals surface area (Å²) in [5.41, 5.74) is 2.47. The van der Waals surface area contributed by atoms with Crippen molar-refractivity contribution in [2.45, 2.75) is 26.8 Å². The molecule has 3 aromatic rings. The number of anilines is 3. The van der Waals surface area contributed by atoms with Crippen molar-refractivity contribution in [3.05, 3.63) is 52.9 Å². The summed E-state index contributed by atoms with van der Waals surface area (Å²) in [6.45, 7) is 6.25. The van der Waals surface area contributed by atoms with Gasteiger partial charge in [-0.1, -0.05) is 0 Å². The lowest BCUT2D eigenvalue weighted by Gasteiger charge is -2.29. The molecule has 5 rings (SSSR count). The number of furan rings is 1. The van der Waals surface area contributed by atoms with E-state index in [4.69, 9.17) is 9.15 Å². The van der Waals surface area contributed by atoms with Crippen LogP contribution in [0.25, 0.3) is 11.5 Å². The monoisotopic (exact) mass is 469 g/mol. The van der Waals surface area contributed by atoms with Crippen molar-refractivity contribution < 1.29 is 22.7 Å². The molecule has 0 spiro atoms. The quantitative estimate of drug-likeness (QED) is 0.622. The third-order valence-electron chi connectivity index (χ3n) is 6.12. The van der Waals surface area contributed by atoms with E-state index in [9.17, 15) is 13.6 Å². The largest absolute Gasteiger partial charge is 0.459 e. The van der Waals surface area contributed by atoms with Crippen molar-refractivity contribution in [2.75, 3.05) is 43.1 Å². The van der Waals surface area contributed by atoms with Crippen molar-refractivity contribution in [1.82, 2.24) is 14.9 Å². The number of ether oxygens (including phenoxy) is 1. The Morgan fingerprint density at radius 2 is 1.85 bits per heavy atom. The van der Waals surface area contributed by atoms with Gasteiger partial charge in [-0.3, -0.25) is 4.79 Å². The Hall–Kier alpha value is -3.53. The maximum Gasteiger partial charge on any atom is 0.227 e. The predicted octanol–water partition coefficient (Wildman–Crippen LogP) is 3.81. The summed E-state index contributed by atoms with van der Waals surface area (Å²) in [7, 11) is 0. The molecule has 2 aliphatic heterocycles. The fourth-order valence-corrected chi connectivity index (χ4v) is 4.33. The molecular formula is C24H25F2N5O3. The minimum Gasteiger partial charge on any atom is -0.459 e. The standard InChI is InChI=1S/C24H25F2N5O3/c1-14-12-27-24(28-17-10-18(25)23(19(26)11-17)30-5-7-33-8-6-30)29-22(14)21-9-16-13-31(15(2)32)4-3-20(16)34-21/h9-12H,3-8,13H2,1-2H3,(H,27,28,29). The molecule has 4 heterocycles. The van der Waals surface area contributed by atoms with E-state index in [-0.39, 0.29) is 23.2 Å². The Kier molecular flexibility index (Phi) is 5.91. The number of halogens is 2. The first-order valence-corrected chi connectivity index (χ1v) is 11.2. The van der Waals surface area contributed by atoms with Gasteiger partial charge in [0.2, 0.25) is 11.9 Å². The molecule has 0 radical (unpaired) electrons. The van der Waals surface area contributed by atoms with Crippen LogP contribution in [-0.4, -0.2) is 53.6 Å². The number of hydrogen-bond acceptors (Lipinski definition) is 7. The van der Waals surface area contributed by atoms with E-state index in [2.05, 4.69) is 15.3 Å². The van der Waals surface area contributed by atoms with E-state index >= 15 is 0 Å². The molecule has 1 saturated heterocycles. The van der Waals surface area contributed by atoms with Crippen LogP contribution in [0.1, 0.15) is 23.8 Å². The van der Waals surface area contributed by atoms with Crippen LogP contribution >= 0.6 is 0 Å². The Morgan fingerprint density at radius 3 is 2.56 bits per heavy atom. The average Bonchev–Trinajstić information content (AvgIpc) is 3.24. The van der Waals surface area contributed by atoms with E-state index < -0.39 is 11.6 Å². The highest BCUT2D eigenvalue weighted by Crippen LogP contribution is 2.32. The Labute approximate surface area is 195 Å². The van der Waals surface area contributed by atoms with Crippen LogP contribution in [0.15, 0.2) is 28.8 Å². The summed E-state index contributed by atoms with van der Waals surface area (Å²) < 4.78 is 40.9. The smallest absolute Gasteiger partial charge is 0.227 e. The van der Waals surface area contributed by atoms with Gasteiger partial charge < -0.3 is 24.3 Å². The molecule has 2 aromatic heterocycles. The number of aromatic nitrogens is 2. The van der Waals surface area contributed by atoms with Crippen LogP contribution < -0.4 is 10.2 Å². The van der Waals surface area contributed by atoms with Crippen molar-refractivity contribution in [3.8, 4) is 11.5 Å². The minimum absolute atomic E-state index is 0.0252. The highest BCUT2D eigenvalue weighted by atomic mass is 19.1. The van der Waals surface area contributed by atoms with E-state index in [1.165, 1.54) is 12.1 Å². The number of morpholine rings is 1. The fraction of sp³-hybridized carbons (Fsp3) is 0.375. The molecule has 34 heavy (non-hydrogen) atoms. The molecule has 178 valence electrons. The summed E-state index contributed by atoms with van der Waals surface area (Å²) in [6, 6.07) is 4.36. The molecule has 8 nitrogen and oxygen atoms in total. The van der Waals surface area contributed by atoms with Gasteiger partial charge in [0.05, 0.1) is 13.2 Å². The van der Waals surface area contributed by atoms with Gasteiger partial charge in [0.25, 0.3) is 0 Å². The third-order valence-corrected chi connectivity index (χ3v) is 6.12. The highest BCUT2D eigenvalue weighted by Gasteiger charge is 2.24. The van der Waals surface area contributed by atoms with Crippen LogP contribution in [-0.2, 0) is 22.5 Å². The Morgan fingerprint density at radius 1 is 1.12 bits per heavy atom. The topological polar surface area (TPSA) is 83.7 Å². The van der Waals surface area contributed by atoms with Gasteiger partial charge in [0.15, 0.2) is 17.4 Å². The normalized spacial score (nSPS) is 15.9. The number of carbonyl (C=O) groups excluding carboxylic acids is 1. The molecule has 10 heteroatoms. The SMILES string of the molecule is CC(=O)N1CCc2oc(-c3nc(Nc4cc(F)c(N5CCOCC5)c(F)c4)ncc3C)cc2C1. The van der Waals surface area contributed by atoms with Gasteiger partial charge in [0, 0.05) is 57.0 Å². The Balaban J connectivity index is 1.39. The van der Waals surface area contributed by atoms with E-state index in [1.54, 1.807) is 22.9 Å². The van der Waals surface area contributed by atoms with Gasteiger partial charge in [-0.15, -0.1) is 0 Å². The van der Waals surface area contributed by atoms with Crippen molar-refractivity contribution >= 4 is 23.2 Å². The number of benzene rings is 1. The van der Waals surface area contributed by atoms with Crippen LogP contribution in [0.5, 0.6) is 0 Å². The molecular weight excluding hydrogens is 444 g/mol. The van der Waals surface area contributed by atoms with Crippen molar-refractivity contribution in [2.24, 2.45) is 0 Å². The maximum atomic E-state index is 14.8. The summed E-state index contributed by atoms with van der Waals surface area (Å²) in [5.74, 6) is 0.299. The molecule has 0 atom stereocenters. The maximum absolute atomic E-state index is 14.8. The molecule has 0 unspecified atom stereocenters. The average molecular weight is 469 g/mol. The van der Waals surface area contributed by atoms with Gasteiger partial charge >= 0.3 is 0 Å². The zero-order valence-corrected chi connectivity index (χ0v) is 19.0. The molecule has 1 N–H and O–H groups in total. The number of amides is 1. The molecule has 1 aromatic carbocycles. The molecule has 0 bridgehead atoms. The molecule has 1 fully saturated rings. The molecule has 0 aliphatic carbocycles. The van der Waals surface area contributed by atoms with Crippen LogP contribution in [0.4, 0.5) is 26.1 Å². The molecule has 1 amide bonds. The molecule has 0 saturated carbocycles. The number of nitrogens with zero attached hydrogens (tertiary/aromatic N) is 4. The lowest BCUT2D eigenvalue weighted by molar-refractivity contribution is -0.129. The van der Waals surface area contributed by atoms with E-state index in [0.717, 1.165) is 16.9 Å². The fourth-order valence-electron chi connectivity index (χ4n) is 4.33. The van der Waals surface area contributed by atoms with Crippen molar-refractivity contribution in [1.29, 1.82) is 0 Å². The van der Waals surface area contributed by atoms with Gasteiger partial charge in [-0.2, -0.15) is 0 Å². The second-order valence-electron chi connectivity index (χ2n) is 8.49. The summed E-state index contributed by atoms with van der Waals surface area (Å²) >= 11 is 0. The number of nitrogens with one attached hydrogen (secondary N) is 1. The first-order chi connectivity index (χ1) is 16.4. The Bertz CT molecular complexity index is 1220. The third kappa shape index (κ3) is 4.33. The van der Waals surface area contributed by atoms with Crippen LogP contribution in [0.2, 0.25) is 0 Å². The second kappa shape index (κ2) is 9.02. The minimum atomic E-state index is -0.662. The summed E-state index contributed by atoms with van der Waals surface area (Å²) in [4.78, 5) is 23.9. The zero-order chi connectivity index (χ0) is 23.8. The van der Waals surface area contributed by atoms with Crippen molar-refractivity contribution in [3.63, 3.8) is 0 Å². The highest BCUT2D eigenvalue weighted by molar-refractivity contribution is 5.73. The number of carbonyl (C=O) groups is 1. The van der Waals surface area contributed by atoms with Crippen LogP contribution in [0, 0.1) is 18.6 Å². The van der Waals surface area contributed by atoms with Gasteiger partial charge in [-0.05, 0) is 30.7 Å². The lowest BCUT2D eigenvalue weighted by atomic mass is 10.1. The lowest BCUT2D eigenvalue weighted by Crippen LogP contribution is -2.37. The summed E-state index contributed by atoms with van der Waals surface area (Å²) in [5, 5.41) is 2.90. The number of aryl methyl sites for hydroxylation is 1. The van der Waals surface area contributed by atoms with Gasteiger partial charge in [-0.25, -0.2) is 18.7 Å². The summed E-state index contributed by atoms with van der Waals surface area (Å²) in [6.07, 6.45) is 2.26. The number of fused-ring (bicyclic) bond motifs is 1. The number of hydrogen-bond donors (Lipinski definition) is 1. The van der Waals surface area contributed by atoms with E-state index in [0.29, 0.717) is 57.3 Å². The zero-order valence-electron chi connectivity index (χ0n) is 19.0.